The van der Waals surface area contributed by atoms with E-state index in [0.717, 1.165) is 11.3 Å². The highest BCUT2D eigenvalue weighted by Gasteiger charge is 2.32. The van der Waals surface area contributed by atoms with Crippen LogP contribution in [0.4, 0.5) is 5.69 Å². The van der Waals surface area contributed by atoms with Gasteiger partial charge in [0.15, 0.2) is 0 Å². The van der Waals surface area contributed by atoms with Gasteiger partial charge in [-0.15, -0.1) is 0 Å². The molecular weight excluding hydrogens is 338 g/mol. The Morgan fingerprint density at radius 2 is 1.41 bits per heavy atom. The lowest BCUT2D eigenvalue weighted by Crippen LogP contribution is -2.52. The van der Waals surface area contributed by atoms with Crippen molar-refractivity contribution in [3.05, 3.63) is 66.2 Å². The molecule has 0 radical (unpaired) electrons. The van der Waals surface area contributed by atoms with Crippen LogP contribution in [0.2, 0.25) is 0 Å². The summed E-state index contributed by atoms with van der Waals surface area (Å²) in [6, 6.07) is 19.0. The van der Waals surface area contributed by atoms with Gasteiger partial charge in [0.1, 0.15) is 6.04 Å². The number of hydrogen-bond donors (Lipinski definition) is 1. The van der Waals surface area contributed by atoms with E-state index in [1.54, 1.807) is 0 Å². The predicted molar refractivity (Wildman–Crippen MR) is 107 cm³/mol. The van der Waals surface area contributed by atoms with Crippen LogP contribution in [0.15, 0.2) is 60.7 Å². The summed E-state index contributed by atoms with van der Waals surface area (Å²) in [6.07, 6.45) is 0. The van der Waals surface area contributed by atoms with Crippen LogP contribution in [-0.2, 0) is 9.59 Å². The lowest BCUT2D eigenvalue weighted by Gasteiger charge is -2.39. The number of hydrogen-bond acceptors (Lipinski definition) is 3. The molecule has 1 N–H and O–H groups in total. The quantitative estimate of drug-likeness (QED) is 0.885. The number of rotatable bonds is 5. The molecule has 2 aromatic rings. The molecule has 1 heterocycles. The summed E-state index contributed by atoms with van der Waals surface area (Å²) in [5.41, 5.74) is 1.76. The molecule has 1 saturated heterocycles. The van der Waals surface area contributed by atoms with Crippen molar-refractivity contribution in [2.75, 3.05) is 31.5 Å². The normalized spacial score (nSPS) is 16.2. The van der Waals surface area contributed by atoms with Gasteiger partial charge in [0, 0.05) is 37.8 Å². The fourth-order valence-electron chi connectivity index (χ4n) is 3.46. The van der Waals surface area contributed by atoms with Crippen LogP contribution in [0.25, 0.3) is 0 Å². The van der Waals surface area contributed by atoms with Crippen LogP contribution in [0.3, 0.4) is 0 Å². The van der Waals surface area contributed by atoms with E-state index >= 15 is 0 Å². The molecule has 0 spiro atoms. The molecule has 2 amide bonds. The number of nitrogens with one attached hydrogen (secondary N) is 1. The zero-order chi connectivity index (χ0) is 19.2. The highest BCUT2D eigenvalue weighted by Crippen LogP contribution is 2.24. The molecule has 0 aliphatic carbocycles. The molecule has 142 valence electrons. The van der Waals surface area contributed by atoms with E-state index in [1.165, 1.54) is 0 Å². The molecule has 0 aromatic heterocycles. The zero-order valence-electron chi connectivity index (χ0n) is 16.0. The number of nitrogens with zero attached hydrogens (tertiary/aromatic N) is 2. The van der Waals surface area contributed by atoms with Gasteiger partial charge in [0.05, 0.1) is 0 Å². The Hall–Kier alpha value is -2.66. The van der Waals surface area contributed by atoms with Gasteiger partial charge in [-0.3, -0.25) is 14.5 Å². The lowest BCUT2D eigenvalue weighted by molar-refractivity contribution is -0.137. The maximum Gasteiger partial charge on any atom is 0.246 e. The second-order valence-corrected chi connectivity index (χ2v) is 7.18. The van der Waals surface area contributed by atoms with Gasteiger partial charge in [-0.1, -0.05) is 62.4 Å². The van der Waals surface area contributed by atoms with Gasteiger partial charge < -0.3 is 10.2 Å². The fourth-order valence-corrected chi connectivity index (χ4v) is 3.46. The Kier molecular flexibility index (Phi) is 6.24. The summed E-state index contributed by atoms with van der Waals surface area (Å²) >= 11 is 0. The highest BCUT2D eigenvalue weighted by atomic mass is 16.2. The summed E-state index contributed by atoms with van der Waals surface area (Å²) in [5.74, 6) is 0.138. The highest BCUT2D eigenvalue weighted by molar-refractivity contribution is 5.95. The van der Waals surface area contributed by atoms with Gasteiger partial charge in [0.25, 0.3) is 0 Å². The average Bonchev–Trinajstić information content (AvgIpc) is 2.69. The minimum absolute atomic E-state index is 0.00264. The first-order valence-electron chi connectivity index (χ1n) is 9.50. The SMILES string of the molecule is CC(C)C(=O)N1CCN(C(C(=O)Nc2ccccc2)c2ccccc2)CC1. The van der Waals surface area contributed by atoms with Gasteiger partial charge in [-0.25, -0.2) is 0 Å². The average molecular weight is 365 g/mol. The molecule has 1 unspecified atom stereocenters. The van der Waals surface area contributed by atoms with E-state index in [-0.39, 0.29) is 23.8 Å². The monoisotopic (exact) mass is 365 g/mol. The number of amides is 2. The van der Waals surface area contributed by atoms with Gasteiger partial charge in [-0.05, 0) is 17.7 Å². The zero-order valence-corrected chi connectivity index (χ0v) is 16.0. The Bertz CT molecular complexity index is 754. The van der Waals surface area contributed by atoms with Crippen LogP contribution < -0.4 is 5.32 Å². The molecule has 1 aliphatic heterocycles. The van der Waals surface area contributed by atoms with Crippen molar-refractivity contribution >= 4 is 17.5 Å². The summed E-state index contributed by atoms with van der Waals surface area (Å²) in [6.45, 7) is 6.52. The van der Waals surface area contributed by atoms with Crippen LogP contribution in [-0.4, -0.2) is 47.8 Å². The summed E-state index contributed by atoms with van der Waals surface area (Å²) in [4.78, 5) is 29.4. The number of carbonyl (C=O) groups excluding carboxylic acids is 2. The van der Waals surface area contributed by atoms with Crippen molar-refractivity contribution in [3.63, 3.8) is 0 Å². The summed E-state index contributed by atoms with van der Waals surface area (Å²) < 4.78 is 0. The second kappa shape index (κ2) is 8.82. The first-order valence-corrected chi connectivity index (χ1v) is 9.50. The molecule has 5 heteroatoms. The van der Waals surface area contributed by atoms with Crippen molar-refractivity contribution in [2.45, 2.75) is 19.9 Å². The van der Waals surface area contributed by atoms with Gasteiger partial charge in [0.2, 0.25) is 11.8 Å². The van der Waals surface area contributed by atoms with Crippen molar-refractivity contribution in [2.24, 2.45) is 5.92 Å². The van der Waals surface area contributed by atoms with E-state index in [2.05, 4.69) is 10.2 Å². The van der Waals surface area contributed by atoms with E-state index < -0.39 is 0 Å². The third-order valence-electron chi connectivity index (χ3n) is 4.89. The molecule has 5 nitrogen and oxygen atoms in total. The number of benzene rings is 2. The Morgan fingerprint density at radius 1 is 0.852 bits per heavy atom. The molecule has 1 fully saturated rings. The van der Waals surface area contributed by atoms with Crippen molar-refractivity contribution in [1.82, 2.24) is 9.80 Å². The fraction of sp³-hybridized carbons (Fsp3) is 0.364. The number of para-hydroxylation sites is 1. The maximum absolute atomic E-state index is 13.1. The van der Waals surface area contributed by atoms with Gasteiger partial charge in [-0.2, -0.15) is 0 Å². The van der Waals surface area contributed by atoms with Crippen LogP contribution in [0.5, 0.6) is 0 Å². The van der Waals surface area contributed by atoms with Crippen LogP contribution >= 0.6 is 0 Å². The Labute approximate surface area is 161 Å². The standard InChI is InChI=1S/C22H27N3O2/c1-17(2)22(27)25-15-13-24(14-16-25)20(18-9-5-3-6-10-18)21(26)23-19-11-7-4-8-12-19/h3-12,17,20H,13-16H2,1-2H3,(H,23,26). The third-order valence-corrected chi connectivity index (χ3v) is 4.89. The number of carbonyl (C=O) groups is 2. The number of anilines is 1. The second-order valence-electron chi connectivity index (χ2n) is 7.18. The van der Waals surface area contributed by atoms with E-state index in [4.69, 9.17) is 0 Å². The molecule has 27 heavy (non-hydrogen) atoms. The van der Waals surface area contributed by atoms with Crippen molar-refractivity contribution in [1.29, 1.82) is 0 Å². The first-order chi connectivity index (χ1) is 13.1. The van der Waals surface area contributed by atoms with E-state index in [1.807, 2.05) is 79.4 Å². The largest absolute Gasteiger partial charge is 0.340 e. The van der Waals surface area contributed by atoms with Crippen LogP contribution in [0.1, 0.15) is 25.5 Å². The third kappa shape index (κ3) is 4.74. The van der Waals surface area contributed by atoms with E-state index in [9.17, 15) is 9.59 Å². The summed E-state index contributed by atoms with van der Waals surface area (Å²) in [5, 5.41) is 3.03. The van der Waals surface area contributed by atoms with Crippen molar-refractivity contribution < 1.29 is 9.59 Å². The maximum atomic E-state index is 13.1. The minimum atomic E-state index is -0.372. The van der Waals surface area contributed by atoms with Gasteiger partial charge >= 0.3 is 0 Å². The van der Waals surface area contributed by atoms with E-state index in [0.29, 0.717) is 26.2 Å². The van der Waals surface area contributed by atoms with Crippen LogP contribution in [0, 0.1) is 5.92 Å². The Morgan fingerprint density at radius 3 is 1.96 bits per heavy atom. The molecule has 1 aliphatic rings. The molecule has 0 bridgehead atoms. The number of piperazine rings is 1. The smallest absolute Gasteiger partial charge is 0.246 e. The molecule has 1 atom stereocenters. The topological polar surface area (TPSA) is 52.7 Å². The lowest BCUT2D eigenvalue weighted by atomic mass is 10.0. The molecule has 3 rings (SSSR count). The summed E-state index contributed by atoms with van der Waals surface area (Å²) in [7, 11) is 0. The Balaban J connectivity index is 1.75. The molecule has 2 aromatic carbocycles. The molecule has 0 saturated carbocycles. The minimum Gasteiger partial charge on any atom is -0.340 e. The van der Waals surface area contributed by atoms with Crippen molar-refractivity contribution in [3.8, 4) is 0 Å². The predicted octanol–water partition coefficient (Wildman–Crippen LogP) is 3.17. The molecular formula is C22H27N3O2. The first kappa shape index (κ1) is 19.1.